The molecule has 0 spiro atoms. The Bertz CT molecular complexity index is 368. The lowest BCUT2D eigenvalue weighted by Gasteiger charge is -2.14. The summed E-state index contributed by atoms with van der Waals surface area (Å²) in [4.78, 5) is 0. The van der Waals surface area contributed by atoms with Gasteiger partial charge in [0.2, 0.25) is 0 Å². The van der Waals surface area contributed by atoms with Gasteiger partial charge < -0.3 is 9.84 Å². The molecule has 0 amide bonds. The number of hydrogen-bond donors (Lipinski definition) is 1. The first-order valence-electron chi connectivity index (χ1n) is 5.88. The van der Waals surface area contributed by atoms with Crippen molar-refractivity contribution in [1.29, 1.82) is 0 Å². The summed E-state index contributed by atoms with van der Waals surface area (Å²) in [5.41, 5.74) is 0.700. The first kappa shape index (κ1) is 14.6. The third-order valence-electron chi connectivity index (χ3n) is 2.45. The SMILES string of the molecule is C=CCCC[C@H](O)c1ccc(OC(C)(F)F)cc1. The molecular weight excluding hydrogens is 238 g/mol. The Morgan fingerprint density at radius 2 is 2.00 bits per heavy atom. The number of hydrogen-bond acceptors (Lipinski definition) is 2. The smallest absolute Gasteiger partial charge is 0.394 e. The Balaban J connectivity index is 2.56. The molecule has 0 fully saturated rings. The zero-order valence-corrected chi connectivity index (χ0v) is 10.4. The molecule has 0 bridgehead atoms. The number of aliphatic hydroxyl groups is 1. The van der Waals surface area contributed by atoms with Crippen molar-refractivity contribution in [3.8, 4) is 5.75 Å². The van der Waals surface area contributed by atoms with Crippen molar-refractivity contribution >= 4 is 0 Å². The van der Waals surface area contributed by atoms with Gasteiger partial charge in [0.1, 0.15) is 5.75 Å². The summed E-state index contributed by atoms with van der Waals surface area (Å²) in [6.45, 7) is 4.29. The number of halogens is 2. The molecule has 0 aromatic heterocycles. The standard InChI is InChI=1S/C14H18F2O2/c1-3-4-5-6-13(17)11-7-9-12(10-8-11)18-14(2,15)16/h3,7-10,13,17H,1,4-6H2,2H3/t13-/m0/s1. The number of rotatable bonds is 7. The van der Waals surface area contributed by atoms with Crippen LogP contribution in [0.5, 0.6) is 5.75 Å². The van der Waals surface area contributed by atoms with Gasteiger partial charge in [-0.2, -0.15) is 8.78 Å². The summed E-state index contributed by atoms with van der Waals surface area (Å²) in [6.07, 6.45) is 0.338. The minimum Gasteiger partial charge on any atom is -0.433 e. The Morgan fingerprint density at radius 3 is 2.50 bits per heavy atom. The third kappa shape index (κ3) is 5.27. The zero-order valence-electron chi connectivity index (χ0n) is 10.4. The number of ether oxygens (including phenoxy) is 1. The van der Waals surface area contributed by atoms with E-state index in [1.54, 1.807) is 18.2 Å². The van der Waals surface area contributed by atoms with Gasteiger partial charge in [0.25, 0.3) is 0 Å². The topological polar surface area (TPSA) is 29.5 Å². The van der Waals surface area contributed by atoms with E-state index in [4.69, 9.17) is 0 Å². The number of unbranched alkanes of at least 4 members (excludes halogenated alkanes) is 1. The monoisotopic (exact) mass is 256 g/mol. The van der Waals surface area contributed by atoms with E-state index >= 15 is 0 Å². The lowest BCUT2D eigenvalue weighted by Crippen LogP contribution is -2.19. The molecule has 0 aliphatic rings. The number of allylic oxidation sites excluding steroid dienone is 1. The molecule has 1 N–H and O–H groups in total. The molecule has 0 heterocycles. The minimum absolute atomic E-state index is 0.0875. The summed E-state index contributed by atoms with van der Waals surface area (Å²) < 4.78 is 29.6. The van der Waals surface area contributed by atoms with Gasteiger partial charge >= 0.3 is 6.11 Å². The average Bonchev–Trinajstić information content (AvgIpc) is 2.28. The highest BCUT2D eigenvalue weighted by molar-refractivity contribution is 5.28. The fourth-order valence-electron chi connectivity index (χ4n) is 1.59. The van der Waals surface area contributed by atoms with Crippen molar-refractivity contribution in [2.24, 2.45) is 0 Å². The van der Waals surface area contributed by atoms with Crippen LogP contribution in [0.4, 0.5) is 8.78 Å². The average molecular weight is 256 g/mol. The molecule has 1 rings (SSSR count). The van der Waals surface area contributed by atoms with Gasteiger partial charge in [-0.25, -0.2) is 0 Å². The predicted molar refractivity (Wildman–Crippen MR) is 66.7 cm³/mol. The molecule has 0 aliphatic heterocycles. The van der Waals surface area contributed by atoms with Crippen LogP contribution in [0.1, 0.15) is 37.9 Å². The summed E-state index contributed by atoms with van der Waals surface area (Å²) in [7, 11) is 0. The lowest BCUT2D eigenvalue weighted by atomic mass is 10.0. The first-order valence-corrected chi connectivity index (χ1v) is 5.88. The van der Waals surface area contributed by atoms with Gasteiger partial charge in [0.15, 0.2) is 0 Å². The third-order valence-corrected chi connectivity index (χ3v) is 2.45. The quantitative estimate of drug-likeness (QED) is 0.588. The molecule has 2 nitrogen and oxygen atoms in total. The Labute approximate surface area is 106 Å². The highest BCUT2D eigenvalue weighted by Crippen LogP contribution is 2.25. The Kier molecular flexibility index (Phi) is 5.28. The van der Waals surface area contributed by atoms with Gasteiger partial charge in [0, 0.05) is 6.92 Å². The molecule has 0 unspecified atom stereocenters. The second kappa shape index (κ2) is 6.50. The van der Waals surface area contributed by atoms with Crippen LogP contribution >= 0.6 is 0 Å². The summed E-state index contributed by atoms with van der Waals surface area (Å²) in [6, 6.07) is 6.06. The maximum absolute atomic E-state index is 12.6. The van der Waals surface area contributed by atoms with Crippen molar-refractivity contribution in [3.05, 3.63) is 42.5 Å². The zero-order chi connectivity index (χ0) is 13.6. The molecule has 0 aliphatic carbocycles. The van der Waals surface area contributed by atoms with Crippen LogP contribution < -0.4 is 4.74 Å². The molecule has 18 heavy (non-hydrogen) atoms. The van der Waals surface area contributed by atoms with Gasteiger partial charge in [-0.1, -0.05) is 18.2 Å². The largest absolute Gasteiger partial charge is 0.433 e. The van der Waals surface area contributed by atoms with E-state index in [0.717, 1.165) is 12.8 Å². The van der Waals surface area contributed by atoms with Crippen molar-refractivity contribution in [2.75, 3.05) is 0 Å². The van der Waals surface area contributed by atoms with Gasteiger partial charge in [-0.15, -0.1) is 6.58 Å². The van der Waals surface area contributed by atoms with E-state index in [0.29, 0.717) is 18.9 Å². The van der Waals surface area contributed by atoms with Crippen LogP contribution in [0.25, 0.3) is 0 Å². The second-order valence-electron chi connectivity index (χ2n) is 4.21. The van der Waals surface area contributed by atoms with Crippen LogP contribution in [-0.4, -0.2) is 11.2 Å². The molecule has 0 saturated carbocycles. The molecule has 0 radical (unpaired) electrons. The molecule has 0 saturated heterocycles. The molecular formula is C14H18F2O2. The fraction of sp³-hybridized carbons (Fsp3) is 0.429. The Hall–Kier alpha value is -1.42. The van der Waals surface area contributed by atoms with E-state index in [-0.39, 0.29) is 5.75 Å². The van der Waals surface area contributed by atoms with Crippen molar-refractivity contribution < 1.29 is 18.6 Å². The molecule has 100 valence electrons. The maximum Gasteiger partial charge on any atom is 0.394 e. The fourth-order valence-corrected chi connectivity index (χ4v) is 1.59. The summed E-state index contributed by atoms with van der Waals surface area (Å²) >= 11 is 0. The van der Waals surface area contributed by atoms with E-state index in [2.05, 4.69) is 11.3 Å². The summed E-state index contributed by atoms with van der Waals surface area (Å²) in [5.74, 6) is 0.0875. The maximum atomic E-state index is 12.6. The second-order valence-corrected chi connectivity index (χ2v) is 4.21. The van der Waals surface area contributed by atoms with Crippen molar-refractivity contribution in [1.82, 2.24) is 0 Å². The highest BCUT2D eigenvalue weighted by atomic mass is 19.3. The van der Waals surface area contributed by atoms with Crippen molar-refractivity contribution in [3.63, 3.8) is 0 Å². The summed E-state index contributed by atoms with van der Waals surface area (Å²) in [5, 5.41) is 9.85. The lowest BCUT2D eigenvalue weighted by molar-refractivity contribution is -0.158. The molecule has 1 aromatic rings. The predicted octanol–water partition coefficient (Wildman–Crippen LogP) is 4.07. The Morgan fingerprint density at radius 1 is 1.39 bits per heavy atom. The normalized spacial score (nSPS) is 13.1. The number of alkyl halides is 2. The van der Waals surface area contributed by atoms with Crippen molar-refractivity contribution in [2.45, 2.75) is 38.4 Å². The van der Waals surface area contributed by atoms with Crippen LogP contribution in [-0.2, 0) is 0 Å². The van der Waals surface area contributed by atoms with E-state index < -0.39 is 12.2 Å². The first-order chi connectivity index (χ1) is 8.42. The van der Waals surface area contributed by atoms with Gasteiger partial charge in [-0.05, 0) is 37.0 Å². The van der Waals surface area contributed by atoms with E-state index in [1.807, 2.05) is 0 Å². The van der Waals surface area contributed by atoms with Gasteiger partial charge in [0.05, 0.1) is 6.10 Å². The van der Waals surface area contributed by atoms with E-state index in [1.165, 1.54) is 12.1 Å². The molecule has 4 heteroatoms. The van der Waals surface area contributed by atoms with Crippen LogP contribution in [0.3, 0.4) is 0 Å². The number of aliphatic hydroxyl groups excluding tert-OH is 1. The minimum atomic E-state index is -3.19. The van der Waals surface area contributed by atoms with Crippen LogP contribution in [0, 0.1) is 0 Å². The van der Waals surface area contributed by atoms with Crippen LogP contribution in [0.2, 0.25) is 0 Å². The molecule has 1 aromatic carbocycles. The van der Waals surface area contributed by atoms with Gasteiger partial charge in [-0.3, -0.25) is 0 Å². The molecule has 1 atom stereocenters. The van der Waals surface area contributed by atoms with E-state index in [9.17, 15) is 13.9 Å². The highest BCUT2D eigenvalue weighted by Gasteiger charge is 2.23. The van der Waals surface area contributed by atoms with Crippen LogP contribution in [0.15, 0.2) is 36.9 Å². The number of benzene rings is 1.